The first-order valence-electron chi connectivity index (χ1n) is 6.82. The summed E-state index contributed by atoms with van der Waals surface area (Å²) in [5.41, 5.74) is 0.0659. The molecule has 6 nitrogen and oxygen atoms in total. The molecule has 1 aromatic heterocycles. The van der Waals surface area contributed by atoms with E-state index in [4.69, 9.17) is 16.3 Å². The quantitative estimate of drug-likeness (QED) is 0.849. The minimum Gasteiger partial charge on any atom is -0.461 e. The Morgan fingerprint density at radius 1 is 1.20 bits per heavy atom. The van der Waals surface area contributed by atoms with Crippen molar-refractivity contribution in [2.45, 2.75) is 39.3 Å². The van der Waals surface area contributed by atoms with Gasteiger partial charge < -0.3 is 9.64 Å². The molecule has 1 aliphatic rings. The molecule has 7 heteroatoms. The lowest BCUT2D eigenvalue weighted by Crippen LogP contribution is -2.58. The van der Waals surface area contributed by atoms with Crippen LogP contribution in [0.1, 0.15) is 27.7 Å². The normalized spacial score (nSPS) is 19.4. The fraction of sp³-hybridized carbons (Fsp3) is 0.769. The highest BCUT2D eigenvalue weighted by Crippen LogP contribution is 2.23. The molecule has 0 unspecified atom stereocenters. The second kappa shape index (κ2) is 5.69. The summed E-state index contributed by atoms with van der Waals surface area (Å²) in [7, 11) is 2.13. The van der Waals surface area contributed by atoms with E-state index in [9.17, 15) is 0 Å². The predicted octanol–water partition coefficient (Wildman–Crippen LogP) is 1.84. The van der Waals surface area contributed by atoms with Gasteiger partial charge in [-0.15, -0.1) is 0 Å². The van der Waals surface area contributed by atoms with Crippen LogP contribution in [-0.4, -0.2) is 58.2 Å². The van der Waals surface area contributed by atoms with Gasteiger partial charge in [0.05, 0.1) is 6.10 Å². The first kappa shape index (κ1) is 15.3. The number of halogens is 1. The van der Waals surface area contributed by atoms with Crippen LogP contribution in [0.2, 0.25) is 5.28 Å². The van der Waals surface area contributed by atoms with Gasteiger partial charge in [0, 0.05) is 25.2 Å². The fourth-order valence-corrected chi connectivity index (χ4v) is 2.29. The van der Waals surface area contributed by atoms with Crippen LogP contribution in [0.3, 0.4) is 0 Å². The summed E-state index contributed by atoms with van der Waals surface area (Å²) in [6.07, 6.45) is 0.00486. The van der Waals surface area contributed by atoms with E-state index in [-0.39, 0.29) is 22.9 Å². The molecule has 0 bridgehead atoms. The molecule has 1 saturated heterocycles. The molecule has 1 aromatic rings. The van der Waals surface area contributed by atoms with Gasteiger partial charge in [-0.05, 0) is 46.3 Å². The lowest BCUT2D eigenvalue weighted by atomic mass is 10.0. The van der Waals surface area contributed by atoms with E-state index in [1.54, 1.807) is 0 Å². The van der Waals surface area contributed by atoms with Gasteiger partial charge in [0.1, 0.15) is 0 Å². The molecule has 1 aliphatic heterocycles. The van der Waals surface area contributed by atoms with Gasteiger partial charge in [0.2, 0.25) is 11.2 Å². The Morgan fingerprint density at radius 2 is 1.90 bits per heavy atom. The van der Waals surface area contributed by atoms with Crippen LogP contribution in [0.15, 0.2) is 0 Å². The number of hydrogen-bond donors (Lipinski definition) is 0. The maximum Gasteiger partial charge on any atom is 0.322 e. The maximum atomic E-state index is 5.97. The summed E-state index contributed by atoms with van der Waals surface area (Å²) in [5.74, 6) is 0.585. The first-order chi connectivity index (χ1) is 9.28. The average Bonchev–Trinajstić information content (AvgIpc) is 2.31. The summed E-state index contributed by atoms with van der Waals surface area (Å²) >= 11 is 5.97. The van der Waals surface area contributed by atoms with Crippen LogP contribution in [-0.2, 0) is 0 Å². The largest absolute Gasteiger partial charge is 0.461 e. The number of nitrogens with zero attached hydrogens (tertiary/aromatic N) is 5. The highest BCUT2D eigenvalue weighted by atomic mass is 35.5. The number of piperazine rings is 1. The second-order valence-corrected chi connectivity index (χ2v) is 6.35. The summed E-state index contributed by atoms with van der Waals surface area (Å²) < 4.78 is 5.52. The number of hydrogen-bond acceptors (Lipinski definition) is 6. The molecule has 0 atom stereocenters. The predicted molar refractivity (Wildman–Crippen MR) is 79.5 cm³/mol. The van der Waals surface area contributed by atoms with E-state index < -0.39 is 0 Å². The van der Waals surface area contributed by atoms with Crippen molar-refractivity contribution >= 4 is 17.5 Å². The molecule has 0 radical (unpaired) electrons. The Labute approximate surface area is 125 Å². The zero-order chi connectivity index (χ0) is 14.9. The van der Waals surface area contributed by atoms with E-state index in [0.717, 1.165) is 19.6 Å². The van der Waals surface area contributed by atoms with Gasteiger partial charge in [0.15, 0.2) is 0 Å². The minimum atomic E-state index is 0.00486. The molecule has 0 amide bonds. The molecule has 112 valence electrons. The molecule has 2 rings (SSSR count). The van der Waals surface area contributed by atoms with Gasteiger partial charge in [-0.1, -0.05) is 0 Å². The van der Waals surface area contributed by atoms with Crippen molar-refractivity contribution in [3.8, 4) is 6.01 Å². The number of rotatable bonds is 3. The SMILES string of the molecule is CC(C)Oc1nc(Cl)nc(N2CCN(C)C(C)(C)C2)n1. The molecular formula is C13H22ClN5O. The maximum absolute atomic E-state index is 5.97. The highest BCUT2D eigenvalue weighted by molar-refractivity contribution is 6.28. The van der Waals surface area contributed by atoms with Gasteiger partial charge >= 0.3 is 6.01 Å². The highest BCUT2D eigenvalue weighted by Gasteiger charge is 2.32. The van der Waals surface area contributed by atoms with Crippen molar-refractivity contribution < 1.29 is 4.74 Å². The number of likely N-dealkylation sites (N-methyl/N-ethyl adjacent to an activating group) is 1. The smallest absolute Gasteiger partial charge is 0.322 e. The van der Waals surface area contributed by atoms with Gasteiger partial charge in [-0.25, -0.2) is 0 Å². The lowest BCUT2D eigenvalue weighted by molar-refractivity contribution is 0.137. The van der Waals surface area contributed by atoms with Crippen molar-refractivity contribution in [3.63, 3.8) is 0 Å². The summed E-state index contributed by atoms with van der Waals surface area (Å²) in [5, 5.41) is 0.169. The van der Waals surface area contributed by atoms with E-state index in [2.05, 4.69) is 45.6 Å². The van der Waals surface area contributed by atoms with E-state index in [1.807, 2.05) is 13.8 Å². The summed E-state index contributed by atoms with van der Waals surface area (Å²) in [6.45, 7) is 10.9. The zero-order valence-corrected chi connectivity index (χ0v) is 13.5. The van der Waals surface area contributed by atoms with E-state index >= 15 is 0 Å². The van der Waals surface area contributed by atoms with Crippen LogP contribution in [0.4, 0.5) is 5.95 Å². The minimum absolute atomic E-state index is 0.00486. The third-order valence-electron chi connectivity index (χ3n) is 3.52. The summed E-state index contributed by atoms with van der Waals surface area (Å²) in [6, 6.07) is 0.284. The monoisotopic (exact) mass is 299 g/mol. The molecule has 0 spiro atoms. The average molecular weight is 300 g/mol. The molecule has 0 aromatic carbocycles. The van der Waals surface area contributed by atoms with E-state index in [1.165, 1.54) is 0 Å². The van der Waals surface area contributed by atoms with Gasteiger partial charge in [-0.3, -0.25) is 4.90 Å². The Hall–Kier alpha value is -1.14. The van der Waals surface area contributed by atoms with Crippen molar-refractivity contribution in [3.05, 3.63) is 5.28 Å². The van der Waals surface area contributed by atoms with Gasteiger partial charge in [-0.2, -0.15) is 15.0 Å². The Morgan fingerprint density at radius 3 is 2.50 bits per heavy atom. The third-order valence-corrected chi connectivity index (χ3v) is 3.69. The van der Waals surface area contributed by atoms with Crippen molar-refractivity contribution in [1.29, 1.82) is 0 Å². The second-order valence-electron chi connectivity index (χ2n) is 6.01. The molecule has 0 aliphatic carbocycles. The van der Waals surface area contributed by atoms with Crippen LogP contribution in [0.5, 0.6) is 6.01 Å². The number of ether oxygens (including phenoxy) is 1. The summed E-state index contributed by atoms with van der Waals surface area (Å²) in [4.78, 5) is 17.1. The fourth-order valence-electron chi connectivity index (χ4n) is 2.14. The van der Waals surface area contributed by atoms with Crippen molar-refractivity contribution in [1.82, 2.24) is 19.9 Å². The van der Waals surface area contributed by atoms with E-state index in [0.29, 0.717) is 5.95 Å². The first-order valence-corrected chi connectivity index (χ1v) is 7.20. The third kappa shape index (κ3) is 3.49. The topological polar surface area (TPSA) is 54.4 Å². The van der Waals surface area contributed by atoms with Crippen molar-refractivity contribution in [2.24, 2.45) is 0 Å². The standard InChI is InChI=1S/C13H22ClN5O/c1-9(2)20-12-16-10(14)15-11(17-12)19-7-6-18(5)13(3,4)8-19/h9H,6-8H2,1-5H3. The van der Waals surface area contributed by atoms with Crippen LogP contribution < -0.4 is 9.64 Å². The molecule has 0 saturated carbocycles. The van der Waals surface area contributed by atoms with Crippen LogP contribution >= 0.6 is 11.6 Å². The molecule has 0 N–H and O–H groups in total. The Balaban J connectivity index is 2.22. The Bertz CT molecular complexity index is 480. The lowest BCUT2D eigenvalue weighted by Gasteiger charge is -2.45. The van der Waals surface area contributed by atoms with Gasteiger partial charge in [0.25, 0.3) is 0 Å². The molecule has 20 heavy (non-hydrogen) atoms. The van der Waals surface area contributed by atoms with Crippen LogP contribution in [0.25, 0.3) is 0 Å². The molecular weight excluding hydrogens is 278 g/mol. The number of aromatic nitrogens is 3. The van der Waals surface area contributed by atoms with Crippen LogP contribution in [0, 0.1) is 0 Å². The zero-order valence-electron chi connectivity index (χ0n) is 12.7. The number of anilines is 1. The molecule has 2 heterocycles. The van der Waals surface area contributed by atoms with Crippen molar-refractivity contribution in [2.75, 3.05) is 31.6 Å². The Kier molecular flexibility index (Phi) is 4.34. The molecule has 1 fully saturated rings.